The number of methoxy groups -OCH3 is 1. The summed E-state index contributed by atoms with van der Waals surface area (Å²) in [6.45, 7) is 0. The van der Waals surface area contributed by atoms with Crippen LogP contribution in [0, 0.1) is 11.3 Å². The first-order valence-corrected chi connectivity index (χ1v) is 10.5. The minimum atomic E-state index is -3.13. The van der Waals surface area contributed by atoms with Crippen LogP contribution in [0.25, 0.3) is 17.4 Å². The van der Waals surface area contributed by atoms with Crippen LogP contribution in [0.5, 0.6) is 0 Å². The zero-order valence-corrected chi connectivity index (χ0v) is 16.4. The molecule has 3 rings (SSSR count). The van der Waals surface area contributed by atoms with Crippen LogP contribution in [-0.4, -0.2) is 45.0 Å². The number of carbonyl (C=O) groups is 2. The molecule has 1 aromatic heterocycles. The van der Waals surface area contributed by atoms with E-state index in [9.17, 15) is 23.3 Å². The zero-order valence-electron chi connectivity index (χ0n) is 15.5. The SMILES string of the molecule is COC(=O)c1ccc(-c2ccc(/C=C(\C#N)C(=O)NC3CCS(=O)(=O)C3)o2)cc1. The van der Waals surface area contributed by atoms with Crippen LogP contribution in [0.15, 0.2) is 46.4 Å². The van der Waals surface area contributed by atoms with Gasteiger partial charge in [0, 0.05) is 17.7 Å². The number of rotatable bonds is 5. The first-order chi connectivity index (χ1) is 13.8. The number of ether oxygens (including phenoxy) is 1. The largest absolute Gasteiger partial charge is 0.465 e. The van der Waals surface area contributed by atoms with Crippen molar-refractivity contribution in [1.82, 2.24) is 5.32 Å². The third-order valence-corrected chi connectivity index (χ3v) is 6.20. The summed E-state index contributed by atoms with van der Waals surface area (Å²) in [5.74, 6) is -0.395. The number of benzene rings is 1. The summed E-state index contributed by atoms with van der Waals surface area (Å²) in [4.78, 5) is 23.8. The number of hydrogen-bond donors (Lipinski definition) is 1. The number of nitrogens with one attached hydrogen (secondary N) is 1. The molecule has 0 bridgehead atoms. The molecular formula is C20H18N2O6S. The summed E-state index contributed by atoms with van der Waals surface area (Å²) in [5, 5.41) is 11.9. The van der Waals surface area contributed by atoms with E-state index in [4.69, 9.17) is 4.42 Å². The van der Waals surface area contributed by atoms with Gasteiger partial charge in [-0.15, -0.1) is 0 Å². The maximum absolute atomic E-state index is 12.3. The molecule has 1 N–H and O–H groups in total. The summed E-state index contributed by atoms with van der Waals surface area (Å²) in [6, 6.07) is 11.2. The minimum Gasteiger partial charge on any atom is -0.465 e. The summed E-state index contributed by atoms with van der Waals surface area (Å²) >= 11 is 0. The lowest BCUT2D eigenvalue weighted by Gasteiger charge is -2.09. The van der Waals surface area contributed by atoms with Gasteiger partial charge in [-0.1, -0.05) is 12.1 Å². The van der Waals surface area contributed by atoms with E-state index < -0.39 is 27.8 Å². The van der Waals surface area contributed by atoms with E-state index in [1.54, 1.807) is 36.4 Å². The van der Waals surface area contributed by atoms with Crippen LogP contribution in [0.2, 0.25) is 0 Å². The quantitative estimate of drug-likeness (QED) is 0.450. The average Bonchev–Trinajstić information content (AvgIpc) is 3.31. The Morgan fingerprint density at radius 3 is 2.55 bits per heavy atom. The molecule has 1 atom stereocenters. The van der Waals surface area contributed by atoms with Crippen LogP contribution in [0.1, 0.15) is 22.5 Å². The molecule has 1 aliphatic rings. The van der Waals surface area contributed by atoms with Gasteiger partial charge in [0.2, 0.25) is 0 Å². The van der Waals surface area contributed by atoms with Crippen molar-refractivity contribution in [3.05, 3.63) is 53.3 Å². The highest BCUT2D eigenvalue weighted by Gasteiger charge is 2.29. The Hall–Kier alpha value is -3.38. The van der Waals surface area contributed by atoms with E-state index in [2.05, 4.69) is 10.1 Å². The molecule has 1 fully saturated rings. The molecule has 9 heteroatoms. The second kappa shape index (κ2) is 8.32. The number of carbonyl (C=O) groups excluding carboxylic acids is 2. The molecule has 1 saturated heterocycles. The van der Waals surface area contributed by atoms with Gasteiger partial charge in [0.15, 0.2) is 9.84 Å². The molecule has 0 aliphatic carbocycles. The normalized spacial score (nSPS) is 18.1. The third-order valence-electron chi connectivity index (χ3n) is 4.44. The Labute approximate surface area is 167 Å². The highest BCUT2D eigenvalue weighted by Crippen LogP contribution is 2.24. The van der Waals surface area contributed by atoms with Crippen molar-refractivity contribution in [1.29, 1.82) is 5.26 Å². The Kier molecular flexibility index (Phi) is 5.84. The number of esters is 1. The predicted molar refractivity (Wildman–Crippen MR) is 104 cm³/mol. The Morgan fingerprint density at radius 2 is 1.97 bits per heavy atom. The molecule has 29 heavy (non-hydrogen) atoms. The molecular weight excluding hydrogens is 396 g/mol. The van der Waals surface area contributed by atoms with Crippen molar-refractivity contribution in [3.63, 3.8) is 0 Å². The average molecular weight is 414 g/mol. The number of furan rings is 1. The lowest BCUT2D eigenvalue weighted by atomic mass is 10.1. The van der Waals surface area contributed by atoms with Gasteiger partial charge in [-0.2, -0.15) is 5.26 Å². The van der Waals surface area contributed by atoms with E-state index in [0.717, 1.165) is 0 Å². The van der Waals surface area contributed by atoms with Crippen molar-refractivity contribution in [2.75, 3.05) is 18.6 Å². The first-order valence-electron chi connectivity index (χ1n) is 8.73. The lowest BCUT2D eigenvalue weighted by molar-refractivity contribution is -0.117. The lowest BCUT2D eigenvalue weighted by Crippen LogP contribution is -2.36. The summed E-state index contributed by atoms with van der Waals surface area (Å²) < 4.78 is 33.3. The fourth-order valence-corrected chi connectivity index (χ4v) is 4.61. The molecule has 2 aromatic rings. The molecule has 0 saturated carbocycles. The number of hydrogen-bond acceptors (Lipinski definition) is 7. The van der Waals surface area contributed by atoms with Gasteiger partial charge in [0.1, 0.15) is 23.2 Å². The molecule has 1 aliphatic heterocycles. The van der Waals surface area contributed by atoms with Crippen molar-refractivity contribution in [3.8, 4) is 17.4 Å². The van der Waals surface area contributed by atoms with Crippen LogP contribution < -0.4 is 5.32 Å². The topological polar surface area (TPSA) is 126 Å². The van der Waals surface area contributed by atoms with E-state index in [1.807, 2.05) is 6.07 Å². The highest BCUT2D eigenvalue weighted by molar-refractivity contribution is 7.91. The van der Waals surface area contributed by atoms with Crippen molar-refractivity contribution in [2.24, 2.45) is 0 Å². The van der Waals surface area contributed by atoms with E-state index in [1.165, 1.54) is 13.2 Å². The maximum Gasteiger partial charge on any atom is 0.337 e. The summed E-state index contributed by atoms with van der Waals surface area (Å²) in [5.41, 5.74) is 0.924. The summed E-state index contributed by atoms with van der Waals surface area (Å²) in [7, 11) is -1.83. The number of sulfone groups is 1. The van der Waals surface area contributed by atoms with E-state index >= 15 is 0 Å². The van der Waals surface area contributed by atoms with Gasteiger partial charge in [-0.3, -0.25) is 4.79 Å². The highest BCUT2D eigenvalue weighted by atomic mass is 32.2. The second-order valence-electron chi connectivity index (χ2n) is 6.51. The zero-order chi connectivity index (χ0) is 21.0. The Morgan fingerprint density at radius 1 is 1.24 bits per heavy atom. The molecule has 1 unspecified atom stereocenters. The van der Waals surface area contributed by atoms with Gasteiger partial charge in [0.25, 0.3) is 5.91 Å². The van der Waals surface area contributed by atoms with Gasteiger partial charge in [0.05, 0.1) is 24.2 Å². The van der Waals surface area contributed by atoms with Gasteiger partial charge >= 0.3 is 5.97 Å². The smallest absolute Gasteiger partial charge is 0.337 e. The van der Waals surface area contributed by atoms with Crippen LogP contribution >= 0.6 is 0 Å². The van der Waals surface area contributed by atoms with Crippen LogP contribution in [0.4, 0.5) is 0 Å². The van der Waals surface area contributed by atoms with Crippen molar-refractivity contribution < 1.29 is 27.2 Å². The molecule has 1 amide bonds. The monoisotopic (exact) mass is 414 g/mol. The fourth-order valence-electron chi connectivity index (χ4n) is 2.94. The number of nitriles is 1. The van der Waals surface area contributed by atoms with Crippen molar-refractivity contribution >= 4 is 27.8 Å². The van der Waals surface area contributed by atoms with Gasteiger partial charge < -0.3 is 14.5 Å². The van der Waals surface area contributed by atoms with Crippen LogP contribution in [0.3, 0.4) is 0 Å². The van der Waals surface area contributed by atoms with E-state index in [-0.39, 0.29) is 17.1 Å². The van der Waals surface area contributed by atoms with Gasteiger partial charge in [-0.05, 0) is 30.7 Å². The molecule has 8 nitrogen and oxygen atoms in total. The van der Waals surface area contributed by atoms with Crippen LogP contribution in [-0.2, 0) is 19.4 Å². The number of amides is 1. The standard InChI is InChI=1S/C20H18N2O6S/c1-27-20(24)14-4-2-13(3-5-14)18-7-6-17(28-18)10-15(11-21)19(23)22-16-8-9-29(25,26)12-16/h2-7,10,16H,8-9,12H2,1H3,(H,22,23)/b15-10+. The first kappa shape index (κ1) is 20.4. The van der Waals surface area contributed by atoms with Crippen molar-refractivity contribution in [2.45, 2.75) is 12.5 Å². The molecule has 2 heterocycles. The summed E-state index contributed by atoms with van der Waals surface area (Å²) in [6.07, 6.45) is 1.63. The maximum atomic E-state index is 12.3. The Bertz CT molecular complexity index is 1110. The second-order valence-corrected chi connectivity index (χ2v) is 8.74. The fraction of sp³-hybridized carbons (Fsp3) is 0.250. The minimum absolute atomic E-state index is 0.0276. The predicted octanol–water partition coefficient (Wildman–Crippen LogP) is 1.94. The third kappa shape index (κ3) is 4.92. The molecule has 1 aromatic carbocycles. The Balaban J connectivity index is 1.73. The van der Waals surface area contributed by atoms with Gasteiger partial charge in [-0.25, -0.2) is 13.2 Å². The molecule has 0 spiro atoms. The molecule has 0 radical (unpaired) electrons. The van der Waals surface area contributed by atoms with E-state index in [0.29, 0.717) is 29.1 Å². The number of nitrogens with zero attached hydrogens (tertiary/aromatic N) is 1. The molecule has 150 valence electrons.